The number of rotatable bonds is 8. The van der Waals surface area contributed by atoms with Crippen LogP contribution in [-0.4, -0.2) is 21.9 Å². The van der Waals surface area contributed by atoms with Crippen molar-refractivity contribution in [2.75, 3.05) is 10.2 Å². The number of hydrogen-bond donors (Lipinski definition) is 1. The maximum absolute atomic E-state index is 11.4. The molecule has 1 amide bonds. The van der Waals surface area contributed by atoms with Gasteiger partial charge in [-0.15, -0.1) is 0 Å². The van der Waals surface area contributed by atoms with Gasteiger partial charge in [0.2, 0.25) is 5.91 Å². The highest BCUT2D eigenvalue weighted by Crippen LogP contribution is 2.35. The van der Waals surface area contributed by atoms with E-state index in [1.165, 1.54) is 6.92 Å². The van der Waals surface area contributed by atoms with Gasteiger partial charge in [-0.3, -0.25) is 14.8 Å². The third-order valence-corrected chi connectivity index (χ3v) is 5.11. The first-order chi connectivity index (χ1) is 15.5. The van der Waals surface area contributed by atoms with Crippen molar-refractivity contribution in [1.29, 1.82) is 0 Å². The van der Waals surface area contributed by atoms with Crippen LogP contribution in [0.4, 0.5) is 17.1 Å². The molecule has 1 aromatic carbocycles. The second kappa shape index (κ2) is 10.9. The first kappa shape index (κ1) is 22.7. The highest BCUT2D eigenvalue weighted by atomic mass is 16.1. The van der Waals surface area contributed by atoms with E-state index in [0.29, 0.717) is 0 Å². The van der Waals surface area contributed by atoms with Gasteiger partial charge in [0.05, 0.1) is 29.8 Å². The second-order valence-corrected chi connectivity index (χ2v) is 7.29. The number of aromatic nitrogens is 2. The largest absolute Gasteiger partial charge is 0.332 e. The minimum Gasteiger partial charge on any atom is -0.332 e. The molecule has 1 N–H and O–H groups in total. The quantitative estimate of drug-likeness (QED) is 0.439. The number of nitrogens with one attached hydrogen (secondary N) is 1. The summed E-state index contributed by atoms with van der Waals surface area (Å²) < 4.78 is 0. The number of allylic oxidation sites excluding steroid dienone is 3. The van der Waals surface area contributed by atoms with Gasteiger partial charge in [0.1, 0.15) is 0 Å². The number of hydrogen-bond acceptors (Lipinski definition) is 4. The van der Waals surface area contributed by atoms with Crippen molar-refractivity contribution in [1.82, 2.24) is 9.97 Å². The van der Waals surface area contributed by atoms with Crippen LogP contribution < -0.4 is 10.2 Å². The number of nitrogens with zero attached hydrogens (tertiary/aromatic N) is 3. The molecule has 1 unspecified atom stereocenters. The lowest BCUT2D eigenvalue weighted by atomic mass is 9.91. The number of carbonyl (C=O) groups is 1. The number of carbonyl (C=O) groups excluding carboxylic acids is 1. The molecule has 0 spiro atoms. The summed E-state index contributed by atoms with van der Waals surface area (Å²) in [5, 5.41) is 2.81. The Morgan fingerprint density at radius 1 is 1.03 bits per heavy atom. The smallest absolute Gasteiger partial charge is 0.221 e. The Morgan fingerprint density at radius 2 is 1.62 bits per heavy atom. The molecular weight excluding hydrogens is 396 g/mol. The van der Waals surface area contributed by atoms with Crippen molar-refractivity contribution in [2.45, 2.75) is 26.8 Å². The number of pyridine rings is 2. The molecule has 32 heavy (non-hydrogen) atoms. The molecule has 3 rings (SSSR count). The minimum atomic E-state index is -0.0917. The average Bonchev–Trinajstić information content (AvgIpc) is 2.81. The molecule has 0 aliphatic heterocycles. The van der Waals surface area contributed by atoms with Crippen LogP contribution in [0.15, 0.2) is 104 Å². The molecule has 2 aromatic heterocycles. The fraction of sp³-hybridized carbons (Fsp3) is 0.148. The molecule has 162 valence electrons. The second-order valence-electron chi connectivity index (χ2n) is 7.29. The fourth-order valence-electron chi connectivity index (χ4n) is 3.76. The van der Waals surface area contributed by atoms with E-state index in [2.05, 4.69) is 39.8 Å². The van der Waals surface area contributed by atoms with Gasteiger partial charge < -0.3 is 10.2 Å². The maximum Gasteiger partial charge on any atom is 0.221 e. The van der Waals surface area contributed by atoms with Gasteiger partial charge in [-0.25, -0.2) is 0 Å². The van der Waals surface area contributed by atoms with Crippen molar-refractivity contribution in [3.8, 4) is 0 Å². The van der Waals surface area contributed by atoms with Crippen LogP contribution in [0.3, 0.4) is 0 Å². The lowest BCUT2D eigenvalue weighted by molar-refractivity contribution is -0.114. The molecule has 0 saturated carbocycles. The predicted octanol–water partition coefficient (Wildman–Crippen LogP) is 6.18. The van der Waals surface area contributed by atoms with Gasteiger partial charge >= 0.3 is 0 Å². The third-order valence-electron chi connectivity index (χ3n) is 5.11. The Bertz CT molecular complexity index is 1060. The average molecular weight is 425 g/mol. The van der Waals surface area contributed by atoms with E-state index in [0.717, 1.165) is 33.8 Å². The zero-order chi connectivity index (χ0) is 22.9. The molecule has 0 fully saturated rings. The van der Waals surface area contributed by atoms with E-state index < -0.39 is 0 Å². The van der Waals surface area contributed by atoms with E-state index in [9.17, 15) is 4.79 Å². The van der Waals surface area contributed by atoms with Crippen molar-refractivity contribution in [3.63, 3.8) is 0 Å². The first-order valence-corrected chi connectivity index (χ1v) is 10.5. The first-order valence-electron chi connectivity index (χ1n) is 10.5. The SMILES string of the molecule is C=C/C=C(\C(=C/C)C(C)N(c1cccnc1)c1cccnc1)c1ccc(NC(C)=O)cc1. The summed E-state index contributed by atoms with van der Waals surface area (Å²) in [6.45, 7) is 9.63. The van der Waals surface area contributed by atoms with Gasteiger partial charge in [0.15, 0.2) is 0 Å². The van der Waals surface area contributed by atoms with Crippen LogP contribution in [0.2, 0.25) is 0 Å². The molecule has 5 heteroatoms. The number of anilines is 3. The van der Waals surface area contributed by atoms with Crippen molar-refractivity contribution in [3.05, 3.63) is 109 Å². The Hall–Kier alpha value is -3.99. The molecular formula is C27H28N4O. The van der Waals surface area contributed by atoms with Crippen molar-refractivity contribution in [2.24, 2.45) is 0 Å². The van der Waals surface area contributed by atoms with Crippen LogP contribution >= 0.6 is 0 Å². The number of amides is 1. The van der Waals surface area contributed by atoms with Gasteiger partial charge in [0.25, 0.3) is 0 Å². The highest BCUT2D eigenvalue weighted by Gasteiger charge is 2.23. The lowest BCUT2D eigenvalue weighted by Gasteiger charge is -2.33. The monoisotopic (exact) mass is 424 g/mol. The topological polar surface area (TPSA) is 58.1 Å². The molecule has 0 saturated heterocycles. The molecule has 5 nitrogen and oxygen atoms in total. The summed E-state index contributed by atoms with van der Waals surface area (Å²) in [7, 11) is 0. The van der Waals surface area contributed by atoms with Crippen LogP contribution in [0.5, 0.6) is 0 Å². The molecule has 2 heterocycles. The van der Waals surface area contributed by atoms with E-state index in [-0.39, 0.29) is 11.9 Å². The molecule has 0 radical (unpaired) electrons. The molecule has 3 aromatic rings. The summed E-state index contributed by atoms with van der Waals surface area (Å²) in [6, 6.07) is 15.8. The normalized spacial score (nSPS) is 12.7. The zero-order valence-corrected chi connectivity index (χ0v) is 18.7. The fourth-order valence-corrected chi connectivity index (χ4v) is 3.76. The standard InChI is InChI=1S/C27H28N4O/c1-5-9-27(22-12-14-23(15-13-22)30-21(4)32)26(6-2)20(3)31(24-10-7-16-28-18-24)25-11-8-17-29-19-25/h5-20H,1H2,2-4H3,(H,30,32)/b26-6-,27-9-. The molecule has 0 aliphatic carbocycles. The predicted molar refractivity (Wildman–Crippen MR) is 133 cm³/mol. The van der Waals surface area contributed by atoms with E-state index in [1.807, 2.05) is 73.9 Å². The summed E-state index contributed by atoms with van der Waals surface area (Å²) in [6.07, 6.45) is 13.2. The van der Waals surface area contributed by atoms with Crippen LogP contribution in [0.25, 0.3) is 5.57 Å². The Morgan fingerprint density at radius 3 is 2.06 bits per heavy atom. The van der Waals surface area contributed by atoms with E-state index >= 15 is 0 Å². The van der Waals surface area contributed by atoms with Gasteiger partial charge in [0, 0.05) is 25.0 Å². The van der Waals surface area contributed by atoms with Crippen LogP contribution in [0, 0.1) is 0 Å². The highest BCUT2D eigenvalue weighted by molar-refractivity contribution is 5.89. The summed E-state index contributed by atoms with van der Waals surface area (Å²) in [5.41, 5.74) is 5.95. The lowest BCUT2D eigenvalue weighted by Crippen LogP contribution is -2.31. The minimum absolute atomic E-state index is 0.0189. The summed E-state index contributed by atoms with van der Waals surface area (Å²) in [4.78, 5) is 22.2. The zero-order valence-electron chi connectivity index (χ0n) is 18.7. The Balaban J connectivity index is 2.03. The van der Waals surface area contributed by atoms with Crippen LogP contribution in [-0.2, 0) is 4.79 Å². The van der Waals surface area contributed by atoms with E-state index in [4.69, 9.17) is 0 Å². The van der Waals surface area contributed by atoms with E-state index in [1.54, 1.807) is 18.5 Å². The Kier molecular flexibility index (Phi) is 7.70. The molecule has 0 bridgehead atoms. The van der Waals surface area contributed by atoms with Crippen molar-refractivity contribution >= 4 is 28.5 Å². The van der Waals surface area contributed by atoms with Crippen molar-refractivity contribution < 1.29 is 4.79 Å². The van der Waals surface area contributed by atoms with Gasteiger partial charge in [-0.05, 0) is 67.0 Å². The summed E-state index contributed by atoms with van der Waals surface area (Å²) in [5.74, 6) is -0.0917. The number of benzene rings is 1. The van der Waals surface area contributed by atoms with Gasteiger partial charge in [-0.2, -0.15) is 0 Å². The molecule has 1 atom stereocenters. The maximum atomic E-state index is 11.4. The van der Waals surface area contributed by atoms with Crippen LogP contribution in [0.1, 0.15) is 26.3 Å². The Labute approximate surface area is 189 Å². The summed E-state index contributed by atoms with van der Waals surface area (Å²) >= 11 is 0. The third kappa shape index (κ3) is 5.38. The molecule has 0 aliphatic rings. The van der Waals surface area contributed by atoms with Gasteiger partial charge in [-0.1, -0.05) is 36.9 Å².